The van der Waals surface area contributed by atoms with Gasteiger partial charge in [0.2, 0.25) is 12.2 Å². The Labute approximate surface area is 127 Å². The Bertz CT molecular complexity index is 616. The van der Waals surface area contributed by atoms with Crippen LogP contribution in [0.3, 0.4) is 0 Å². The van der Waals surface area contributed by atoms with Gasteiger partial charge in [-0.2, -0.15) is 0 Å². The van der Waals surface area contributed by atoms with Crippen molar-refractivity contribution < 1.29 is 19.1 Å². The summed E-state index contributed by atoms with van der Waals surface area (Å²) in [7, 11) is 1.66. The Kier molecular flexibility index (Phi) is 8.10. The predicted molar refractivity (Wildman–Crippen MR) is 80.1 cm³/mol. The topological polar surface area (TPSA) is 77.3 Å². The van der Waals surface area contributed by atoms with E-state index in [2.05, 4.69) is 9.98 Å². The van der Waals surface area contributed by atoms with Crippen LogP contribution in [0.25, 0.3) is 0 Å². The second kappa shape index (κ2) is 10.6. The molecule has 0 aliphatic carbocycles. The molecule has 0 saturated carbocycles. The maximum absolute atomic E-state index is 9.92. The molecule has 2 rings (SSSR count). The van der Waals surface area contributed by atoms with Crippen LogP contribution in [0.4, 0.5) is 0 Å². The molecule has 112 valence electrons. The molecule has 2 aromatic carbocycles. The minimum absolute atomic E-state index is 0.454. The maximum atomic E-state index is 9.92. The molecule has 0 atom stereocenters. The summed E-state index contributed by atoms with van der Waals surface area (Å²) in [5.74, 6) is 1.36. The number of isocyanates is 2. The zero-order chi connectivity index (χ0) is 16.0. The molecule has 6 heteroatoms. The molecule has 0 radical (unpaired) electrons. The summed E-state index contributed by atoms with van der Waals surface area (Å²) in [5, 5.41) is 0. The summed E-state index contributed by atoms with van der Waals surface area (Å²) >= 11 is 0. The quantitative estimate of drug-likeness (QED) is 0.628. The molecule has 0 spiro atoms. The Hall–Kier alpha value is -3.20. The highest BCUT2D eigenvalue weighted by molar-refractivity contribution is 5.36. The molecule has 22 heavy (non-hydrogen) atoms. The molecule has 0 aliphatic rings. The third kappa shape index (κ3) is 6.82. The van der Waals surface area contributed by atoms with Crippen LogP contribution in [-0.4, -0.2) is 25.6 Å². The standard InChI is InChI=1S/C9H6N2O3.C7H8O/c12-6-10-9(11-7-13)14-8-4-2-1-3-5-8;1-8-7-5-3-2-4-6-7/h1-5,9H;2-6H,1H3. The number of carbonyl (C=O) groups excluding carboxylic acids is 2. The lowest BCUT2D eigenvalue weighted by Crippen LogP contribution is -2.09. The summed E-state index contributed by atoms with van der Waals surface area (Å²) in [4.78, 5) is 26.1. The fourth-order valence-electron chi connectivity index (χ4n) is 1.35. The van der Waals surface area contributed by atoms with E-state index in [9.17, 15) is 9.59 Å². The fourth-order valence-corrected chi connectivity index (χ4v) is 1.35. The monoisotopic (exact) mass is 298 g/mol. The molecule has 0 aliphatic heterocycles. The number of hydrogen-bond donors (Lipinski definition) is 0. The Balaban J connectivity index is 0.000000255. The number of para-hydroxylation sites is 2. The first-order chi connectivity index (χ1) is 10.8. The summed E-state index contributed by atoms with van der Waals surface area (Å²) in [6.07, 6.45) is 1.30. The molecule has 0 saturated heterocycles. The molecular formula is C16H14N2O4. The number of aliphatic imine (C=N–C) groups is 2. The van der Waals surface area contributed by atoms with Crippen molar-refractivity contribution in [2.75, 3.05) is 7.11 Å². The summed E-state index contributed by atoms with van der Waals surface area (Å²) in [6, 6.07) is 18.2. The normalized spacial score (nSPS) is 9.86. The van der Waals surface area contributed by atoms with Gasteiger partial charge in [0.05, 0.1) is 7.11 Å². The van der Waals surface area contributed by atoms with Gasteiger partial charge in [-0.05, 0) is 24.3 Å². The predicted octanol–water partition coefficient (Wildman–Crippen LogP) is 2.72. The van der Waals surface area contributed by atoms with Gasteiger partial charge >= 0.3 is 6.35 Å². The number of nitrogens with zero attached hydrogens (tertiary/aromatic N) is 2. The number of rotatable bonds is 5. The van der Waals surface area contributed by atoms with E-state index >= 15 is 0 Å². The van der Waals surface area contributed by atoms with Crippen LogP contribution in [-0.2, 0) is 9.59 Å². The van der Waals surface area contributed by atoms with Crippen molar-refractivity contribution >= 4 is 12.2 Å². The molecule has 0 unspecified atom stereocenters. The lowest BCUT2D eigenvalue weighted by molar-refractivity contribution is 0.221. The van der Waals surface area contributed by atoms with Crippen molar-refractivity contribution in [2.24, 2.45) is 9.98 Å². The third-order valence-electron chi connectivity index (χ3n) is 2.29. The van der Waals surface area contributed by atoms with Gasteiger partial charge in [-0.15, -0.1) is 9.98 Å². The van der Waals surface area contributed by atoms with Gasteiger partial charge in [0.15, 0.2) is 0 Å². The molecule has 0 amide bonds. The minimum Gasteiger partial charge on any atom is -0.497 e. The fraction of sp³-hybridized carbons (Fsp3) is 0.125. The van der Waals surface area contributed by atoms with Crippen LogP contribution in [0, 0.1) is 0 Å². The minimum atomic E-state index is -1.20. The molecule has 0 fully saturated rings. The molecule has 2 aromatic rings. The average Bonchev–Trinajstić information content (AvgIpc) is 2.58. The van der Waals surface area contributed by atoms with Crippen LogP contribution >= 0.6 is 0 Å². The van der Waals surface area contributed by atoms with Crippen LogP contribution in [0.5, 0.6) is 11.5 Å². The second-order valence-corrected chi connectivity index (χ2v) is 3.72. The Morgan fingerprint density at radius 1 is 0.818 bits per heavy atom. The van der Waals surface area contributed by atoms with Crippen molar-refractivity contribution in [3.05, 3.63) is 60.7 Å². The highest BCUT2D eigenvalue weighted by Gasteiger charge is 2.04. The van der Waals surface area contributed by atoms with E-state index in [-0.39, 0.29) is 0 Å². The summed E-state index contributed by atoms with van der Waals surface area (Å²) in [6.45, 7) is 0. The average molecular weight is 298 g/mol. The van der Waals surface area contributed by atoms with Gasteiger partial charge in [0.25, 0.3) is 0 Å². The largest absolute Gasteiger partial charge is 0.497 e. The molecule has 0 heterocycles. The highest BCUT2D eigenvalue weighted by Crippen LogP contribution is 2.11. The number of benzene rings is 2. The van der Waals surface area contributed by atoms with Crippen LogP contribution in [0.1, 0.15) is 0 Å². The first-order valence-corrected chi connectivity index (χ1v) is 6.25. The van der Waals surface area contributed by atoms with Crippen molar-refractivity contribution in [1.82, 2.24) is 0 Å². The smallest absolute Gasteiger partial charge is 0.308 e. The molecular weight excluding hydrogens is 284 g/mol. The first-order valence-electron chi connectivity index (χ1n) is 6.25. The number of hydrogen-bond acceptors (Lipinski definition) is 6. The maximum Gasteiger partial charge on any atom is 0.308 e. The third-order valence-corrected chi connectivity index (χ3v) is 2.29. The second-order valence-electron chi connectivity index (χ2n) is 3.72. The van der Waals surface area contributed by atoms with E-state index < -0.39 is 6.35 Å². The van der Waals surface area contributed by atoms with Crippen LogP contribution in [0.2, 0.25) is 0 Å². The van der Waals surface area contributed by atoms with Crippen LogP contribution in [0.15, 0.2) is 70.6 Å². The molecule has 0 aromatic heterocycles. The Morgan fingerprint density at radius 2 is 1.27 bits per heavy atom. The first kappa shape index (κ1) is 16.9. The van der Waals surface area contributed by atoms with Gasteiger partial charge in [0, 0.05) is 0 Å². The van der Waals surface area contributed by atoms with Gasteiger partial charge < -0.3 is 9.47 Å². The van der Waals surface area contributed by atoms with Crippen molar-refractivity contribution in [1.29, 1.82) is 0 Å². The summed E-state index contributed by atoms with van der Waals surface area (Å²) in [5.41, 5.74) is 0. The van der Waals surface area contributed by atoms with Crippen molar-refractivity contribution in [3.63, 3.8) is 0 Å². The molecule has 0 bridgehead atoms. The van der Waals surface area contributed by atoms with E-state index in [4.69, 9.17) is 9.47 Å². The van der Waals surface area contributed by atoms with E-state index in [0.717, 1.165) is 5.75 Å². The molecule has 6 nitrogen and oxygen atoms in total. The van der Waals surface area contributed by atoms with E-state index in [1.807, 2.05) is 30.3 Å². The van der Waals surface area contributed by atoms with E-state index in [1.165, 1.54) is 12.2 Å². The van der Waals surface area contributed by atoms with Gasteiger partial charge in [-0.25, -0.2) is 9.59 Å². The van der Waals surface area contributed by atoms with E-state index in [1.54, 1.807) is 37.4 Å². The van der Waals surface area contributed by atoms with Gasteiger partial charge in [0.1, 0.15) is 11.5 Å². The lowest BCUT2D eigenvalue weighted by Gasteiger charge is -2.06. The van der Waals surface area contributed by atoms with E-state index in [0.29, 0.717) is 5.75 Å². The lowest BCUT2D eigenvalue weighted by atomic mass is 10.3. The zero-order valence-electron chi connectivity index (χ0n) is 11.9. The molecule has 0 N–H and O–H groups in total. The Morgan fingerprint density at radius 3 is 1.64 bits per heavy atom. The highest BCUT2D eigenvalue weighted by atomic mass is 16.5. The SMILES string of the molecule is COc1ccccc1.O=C=NC(N=C=O)Oc1ccccc1. The van der Waals surface area contributed by atoms with Crippen molar-refractivity contribution in [3.8, 4) is 11.5 Å². The van der Waals surface area contributed by atoms with Gasteiger partial charge in [-0.1, -0.05) is 36.4 Å². The van der Waals surface area contributed by atoms with Gasteiger partial charge in [-0.3, -0.25) is 0 Å². The summed E-state index contributed by atoms with van der Waals surface area (Å²) < 4.78 is 9.95. The van der Waals surface area contributed by atoms with Crippen LogP contribution < -0.4 is 9.47 Å². The number of ether oxygens (including phenoxy) is 2. The zero-order valence-corrected chi connectivity index (χ0v) is 11.9. The van der Waals surface area contributed by atoms with Crippen molar-refractivity contribution in [2.45, 2.75) is 6.35 Å². The number of methoxy groups -OCH3 is 1.